The molecule has 3 unspecified atom stereocenters. The fourth-order valence-corrected chi connectivity index (χ4v) is 2.70. The second-order valence-electron chi connectivity index (χ2n) is 6.19. The van der Waals surface area contributed by atoms with Crippen molar-refractivity contribution in [3.8, 4) is 0 Å². The molecule has 0 radical (unpaired) electrons. The number of hydrogen-bond acceptors (Lipinski definition) is 2. The molecule has 0 bridgehead atoms. The average Bonchev–Trinajstić information content (AvgIpc) is 3.11. The minimum Gasteiger partial charge on any atom is -0.377 e. The summed E-state index contributed by atoms with van der Waals surface area (Å²) >= 11 is 0. The molecule has 0 aromatic carbocycles. The summed E-state index contributed by atoms with van der Waals surface area (Å²) in [5.41, 5.74) is 6.11. The Balaban J connectivity index is 1.89. The third-order valence-electron chi connectivity index (χ3n) is 4.32. The molecule has 3 atom stereocenters. The van der Waals surface area contributed by atoms with Crippen molar-refractivity contribution in [2.24, 2.45) is 22.1 Å². The molecule has 0 spiro atoms. The van der Waals surface area contributed by atoms with Gasteiger partial charge in [-0.2, -0.15) is 0 Å². The molecule has 2 fully saturated rings. The molecule has 0 aromatic heterocycles. The van der Waals surface area contributed by atoms with Gasteiger partial charge in [0.15, 0.2) is 5.96 Å². The molecule has 3 N–H and O–H groups in total. The summed E-state index contributed by atoms with van der Waals surface area (Å²) in [4.78, 5) is 4.53. The quantitative estimate of drug-likeness (QED) is 0.581. The van der Waals surface area contributed by atoms with Crippen LogP contribution in [0.3, 0.4) is 0 Å². The van der Waals surface area contributed by atoms with E-state index in [9.17, 15) is 0 Å². The summed E-state index contributed by atoms with van der Waals surface area (Å²) in [7, 11) is 0. The summed E-state index contributed by atoms with van der Waals surface area (Å²) in [6, 6.07) is 0.389. The van der Waals surface area contributed by atoms with Gasteiger partial charge >= 0.3 is 0 Å². The Morgan fingerprint density at radius 1 is 1.56 bits per heavy atom. The molecule has 1 saturated carbocycles. The van der Waals surface area contributed by atoms with Crippen molar-refractivity contribution in [1.82, 2.24) is 5.32 Å². The molecule has 1 heterocycles. The van der Waals surface area contributed by atoms with Gasteiger partial charge in [0.25, 0.3) is 0 Å². The zero-order valence-corrected chi connectivity index (χ0v) is 11.9. The smallest absolute Gasteiger partial charge is 0.188 e. The molecule has 1 aliphatic carbocycles. The summed E-state index contributed by atoms with van der Waals surface area (Å²) in [6.45, 7) is 8.22. The van der Waals surface area contributed by atoms with Gasteiger partial charge in [0, 0.05) is 18.1 Å². The summed E-state index contributed by atoms with van der Waals surface area (Å²) in [5, 5.41) is 3.22. The van der Waals surface area contributed by atoms with Crippen LogP contribution in [0.1, 0.15) is 46.5 Å². The topological polar surface area (TPSA) is 59.6 Å². The van der Waals surface area contributed by atoms with Crippen molar-refractivity contribution >= 4 is 5.96 Å². The standard InChI is InChI=1S/C14H27N3O/c1-4-10(2)17-13(15)16-9-14(3)7-8-18-12(14)11-5-6-11/h10-12H,4-9H2,1-3H3,(H3,15,16,17). The second kappa shape index (κ2) is 5.47. The highest BCUT2D eigenvalue weighted by molar-refractivity contribution is 5.78. The molecule has 0 amide bonds. The number of nitrogens with zero attached hydrogens (tertiary/aromatic N) is 1. The van der Waals surface area contributed by atoms with E-state index in [2.05, 4.69) is 31.1 Å². The third kappa shape index (κ3) is 3.16. The number of aliphatic imine (C=N–C) groups is 1. The van der Waals surface area contributed by atoms with Crippen LogP contribution in [0.5, 0.6) is 0 Å². The van der Waals surface area contributed by atoms with Crippen molar-refractivity contribution in [2.45, 2.75) is 58.6 Å². The molecule has 18 heavy (non-hydrogen) atoms. The lowest BCUT2D eigenvalue weighted by molar-refractivity contribution is 0.0425. The largest absolute Gasteiger partial charge is 0.377 e. The molecule has 1 aliphatic heterocycles. The first-order valence-corrected chi connectivity index (χ1v) is 7.23. The van der Waals surface area contributed by atoms with E-state index in [4.69, 9.17) is 10.5 Å². The number of hydrogen-bond donors (Lipinski definition) is 2. The number of ether oxygens (including phenoxy) is 1. The number of rotatable bonds is 5. The van der Waals surface area contributed by atoms with E-state index in [0.717, 1.165) is 31.9 Å². The van der Waals surface area contributed by atoms with Gasteiger partial charge < -0.3 is 15.8 Å². The minimum atomic E-state index is 0.183. The van der Waals surface area contributed by atoms with Crippen LogP contribution >= 0.6 is 0 Å². The van der Waals surface area contributed by atoms with E-state index >= 15 is 0 Å². The molecule has 1 saturated heterocycles. The van der Waals surface area contributed by atoms with Gasteiger partial charge in [-0.15, -0.1) is 0 Å². The highest BCUT2D eigenvalue weighted by atomic mass is 16.5. The normalized spacial score (nSPS) is 34.6. The lowest BCUT2D eigenvalue weighted by Gasteiger charge is -2.28. The Kier molecular flexibility index (Phi) is 4.15. The van der Waals surface area contributed by atoms with E-state index in [-0.39, 0.29) is 5.41 Å². The van der Waals surface area contributed by atoms with Crippen LogP contribution in [0.4, 0.5) is 0 Å². The van der Waals surface area contributed by atoms with Gasteiger partial charge in [0.2, 0.25) is 0 Å². The van der Waals surface area contributed by atoms with Crippen molar-refractivity contribution in [3.63, 3.8) is 0 Å². The van der Waals surface area contributed by atoms with Crippen molar-refractivity contribution in [3.05, 3.63) is 0 Å². The maximum absolute atomic E-state index is 5.92. The Morgan fingerprint density at radius 2 is 2.28 bits per heavy atom. The van der Waals surface area contributed by atoms with E-state index < -0.39 is 0 Å². The first-order valence-electron chi connectivity index (χ1n) is 7.23. The fraction of sp³-hybridized carbons (Fsp3) is 0.929. The minimum absolute atomic E-state index is 0.183. The van der Waals surface area contributed by atoms with Gasteiger partial charge in [-0.1, -0.05) is 13.8 Å². The van der Waals surface area contributed by atoms with Crippen LogP contribution in [0.2, 0.25) is 0 Å². The maximum Gasteiger partial charge on any atom is 0.188 e. The van der Waals surface area contributed by atoms with E-state index in [1.165, 1.54) is 12.8 Å². The highest BCUT2D eigenvalue weighted by Crippen LogP contribution is 2.47. The molecule has 2 rings (SSSR count). The van der Waals surface area contributed by atoms with Gasteiger partial charge in [-0.3, -0.25) is 4.99 Å². The van der Waals surface area contributed by atoms with Crippen LogP contribution in [0.15, 0.2) is 4.99 Å². The monoisotopic (exact) mass is 253 g/mol. The molecule has 104 valence electrons. The van der Waals surface area contributed by atoms with Crippen LogP contribution < -0.4 is 11.1 Å². The van der Waals surface area contributed by atoms with E-state index in [1.807, 2.05) is 0 Å². The molecule has 4 heteroatoms. The van der Waals surface area contributed by atoms with Crippen LogP contribution in [0.25, 0.3) is 0 Å². The summed E-state index contributed by atoms with van der Waals surface area (Å²) in [5.74, 6) is 1.35. The number of nitrogens with one attached hydrogen (secondary N) is 1. The molecule has 2 aliphatic rings. The fourth-order valence-electron chi connectivity index (χ4n) is 2.70. The molecular formula is C14H27N3O. The molecule has 4 nitrogen and oxygen atoms in total. The van der Waals surface area contributed by atoms with E-state index in [0.29, 0.717) is 18.1 Å². The zero-order chi connectivity index (χ0) is 13.2. The second-order valence-corrected chi connectivity index (χ2v) is 6.19. The Morgan fingerprint density at radius 3 is 2.89 bits per heavy atom. The average molecular weight is 253 g/mol. The van der Waals surface area contributed by atoms with Crippen LogP contribution in [0, 0.1) is 11.3 Å². The Labute approximate surface area is 110 Å². The van der Waals surface area contributed by atoms with E-state index in [1.54, 1.807) is 0 Å². The first kappa shape index (κ1) is 13.7. The van der Waals surface area contributed by atoms with Crippen molar-refractivity contribution in [1.29, 1.82) is 0 Å². The van der Waals surface area contributed by atoms with Gasteiger partial charge in [0.1, 0.15) is 0 Å². The Bertz CT molecular complexity index is 314. The lowest BCUT2D eigenvalue weighted by Crippen LogP contribution is -2.40. The van der Waals surface area contributed by atoms with Gasteiger partial charge in [-0.05, 0) is 38.5 Å². The zero-order valence-electron chi connectivity index (χ0n) is 11.9. The maximum atomic E-state index is 5.92. The van der Waals surface area contributed by atoms with Gasteiger partial charge in [-0.25, -0.2) is 0 Å². The van der Waals surface area contributed by atoms with Crippen LogP contribution in [-0.4, -0.2) is 31.3 Å². The number of guanidine groups is 1. The predicted molar refractivity (Wildman–Crippen MR) is 74.6 cm³/mol. The molecular weight excluding hydrogens is 226 g/mol. The van der Waals surface area contributed by atoms with Crippen molar-refractivity contribution < 1.29 is 4.74 Å². The van der Waals surface area contributed by atoms with Crippen molar-refractivity contribution in [2.75, 3.05) is 13.2 Å². The first-order chi connectivity index (χ1) is 8.55. The highest BCUT2D eigenvalue weighted by Gasteiger charge is 2.47. The predicted octanol–water partition coefficient (Wildman–Crippen LogP) is 1.89. The number of nitrogens with two attached hydrogens (primary N) is 1. The lowest BCUT2D eigenvalue weighted by atomic mass is 9.81. The third-order valence-corrected chi connectivity index (χ3v) is 4.32. The summed E-state index contributed by atoms with van der Waals surface area (Å²) in [6.07, 6.45) is 5.21. The summed E-state index contributed by atoms with van der Waals surface area (Å²) < 4.78 is 5.90. The van der Waals surface area contributed by atoms with Crippen LogP contribution in [-0.2, 0) is 4.74 Å². The van der Waals surface area contributed by atoms with Gasteiger partial charge in [0.05, 0.1) is 12.6 Å². The SMILES string of the molecule is CCC(C)NC(N)=NCC1(C)CCOC1C1CC1. The Hall–Kier alpha value is -0.770. The molecule has 0 aromatic rings.